The van der Waals surface area contributed by atoms with Crippen molar-refractivity contribution in [1.29, 1.82) is 0 Å². The van der Waals surface area contributed by atoms with Crippen molar-refractivity contribution in [3.63, 3.8) is 0 Å². The van der Waals surface area contributed by atoms with E-state index in [9.17, 15) is 10.2 Å². The van der Waals surface area contributed by atoms with Crippen LogP contribution in [0.1, 0.15) is 51.9 Å². The van der Waals surface area contributed by atoms with Crippen LogP contribution >= 0.6 is 0 Å². The maximum absolute atomic E-state index is 10.5. The standard InChI is InChI=1S/C11H20O2/c1-10-6-2-3-8-11(10,13)9(12)5-4-7-10/h9,12-13H,2-8H2,1H3/t9-,10-,11-/m1/s1. The van der Waals surface area contributed by atoms with Crippen LogP contribution in [0.4, 0.5) is 0 Å². The molecule has 13 heavy (non-hydrogen) atoms. The second kappa shape index (κ2) is 2.96. The summed E-state index contributed by atoms with van der Waals surface area (Å²) in [7, 11) is 0. The fraction of sp³-hybridized carbons (Fsp3) is 1.00. The van der Waals surface area contributed by atoms with E-state index in [0.29, 0.717) is 0 Å². The zero-order valence-electron chi connectivity index (χ0n) is 8.42. The van der Waals surface area contributed by atoms with E-state index in [4.69, 9.17) is 0 Å². The lowest BCUT2D eigenvalue weighted by Crippen LogP contribution is -2.59. The summed E-state index contributed by atoms with van der Waals surface area (Å²) >= 11 is 0. The van der Waals surface area contributed by atoms with Crippen LogP contribution in [-0.2, 0) is 0 Å². The number of hydrogen-bond donors (Lipinski definition) is 2. The maximum atomic E-state index is 10.5. The average molecular weight is 184 g/mol. The van der Waals surface area contributed by atoms with Gasteiger partial charge in [-0.05, 0) is 31.1 Å². The summed E-state index contributed by atoms with van der Waals surface area (Å²) in [6.45, 7) is 2.15. The molecule has 2 nitrogen and oxygen atoms in total. The van der Waals surface area contributed by atoms with Gasteiger partial charge in [-0.2, -0.15) is 0 Å². The van der Waals surface area contributed by atoms with Gasteiger partial charge in [-0.1, -0.05) is 26.2 Å². The predicted octanol–water partition coefficient (Wildman–Crippen LogP) is 1.84. The van der Waals surface area contributed by atoms with Crippen LogP contribution in [-0.4, -0.2) is 21.9 Å². The Labute approximate surface area is 80.0 Å². The van der Waals surface area contributed by atoms with Crippen molar-refractivity contribution in [2.75, 3.05) is 0 Å². The normalized spacial score (nSPS) is 51.5. The van der Waals surface area contributed by atoms with Crippen molar-refractivity contribution in [1.82, 2.24) is 0 Å². The fourth-order valence-corrected chi connectivity index (χ4v) is 3.26. The van der Waals surface area contributed by atoms with Crippen LogP contribution in [0.3, 0.4) is 0 Å². The number of hydrogen-bond acceptors (Lipinski definition) is 2. The zero-order chi connectivity index (χ0) is 9.53. The first-order valence-corrected chi connectivity index (χ1v) is 5.49. The lowest BCUT2D eigenvalue weighted by Gasteiger charge is -2.54. The van der Waals surface area contributed by atoms with Gasteiger partial charge >= 0.3 is 0 Å². The van der Waals surface area contributed by atoms with E-state index < -0.39 is 11.7 Å². The van der Waals surface area contributed by atoms with Crippen LogP contribution in [0.15, 0.2) is 0 Å². The highest BCUT2D eigenvalue weighted by Gasteiger charge is 2.54. The van der Waals surface area contributed by atoms with Crippen molar-refractivity contribution < 1.29 is 10.2 Å². The first-order chi connectivity index (χ1) is 6.08. The Balaban J connectivity index is 2.27. The lowest BCUT2D eigenvalue weighted by atomic mass is 9.56. The molecule has 0 aliphatic heterocycles. The molecule has 2 N–H and O–H groups in total. The summed E-state index contributed by atoms with van der Waals surface area (Å²) in [5.41, 5.74) is -0.785. The van der Waals surface area contributed by atoms with Crippen LogP contribution in [0, 0.1) is 5.41 Å². The summed E-state index contributed by atoms with van der Waals surface area (Å²) in [4.78, 5) is 0. The Bertz CT molecular complexity index is 200. The maximum Gasteiger partial charge on any atom is 0.0958 e. The van der Waals surface area contributed by atoms with Crippen molar-refractivity contribution in [2.24, 2.45) is 5.41 Å². The molecule has 3 atom stereocenters. The fourth-order valence-electron chi connectivity index (χ4n) is 3.26. The molecule has 0 spiro atoms. The van der Waals surface area contributed by atoms with Gasteiger partial charge in [-0.15, -0.1) is 0 Å². The molecule has 0 saturated heterocycles. The van der Waals surface area contributed by atoms with Gasteiger partial charge in [0.25, 0.3) is 0 Å². The van der Waals surface area contributed by atoms with Crippen LogP contribution in [0.5, 0.6) is 0 Å². The van der Waals surface area contributed by atoms with Gasteiger partial charge in [0.1, 0.15) is 0 Å². The van der Waals surface area contributed by atoms with Gasteiger partial charge in [-0.25, -0.2) is 0 Å². The Morgan fingerprint density at radius 1 is 1.08 bits per heavy atom. The Morgan fingerprint density at radius 2 is 1.69 bits per heavy atom. The topological polar surface area (TPSA) is 40.5 Å². The summed E-state index contributed by atoms with van der Waals surface area (Å²) in [6.07, 6.45) is 6.62. The van der Waals surface area contributed by atoms with Crippen LogP contribution in [0.25, 0.3) is 0 Å². The molecule has 2 aliphatic rings. The van der Waals surface area contributed by atoms with Crippen molar-refractivity contribution in [3.8, 4) is 0 Å². The van der Waals surface area contributed by atoms with Crippen molar-refractivity contribution in [3.05, 3.63) is 0 Å². The van der Waals surface area contributed by atoms with E-state index in [0.717, 1.165) is 38.5 Å². The van der Waals surface area contributed by atoms with E-state index in [1.807, 2.05) is 0 Å². The molecular weight excluding hydrogens is 164 g/mol. The third kappa shape index (κ3) is 1.23. The molecule has 0 aromatic rings. The molecule has 0 bridgehead atoms. The van der Waals surface area contributed by atoms with E-state index in [1.54, 1.807) is 0 Å². The SMILES string of the molecule is C[C@]12CCCC[C@@]1(O)[C@H](O)CCC2. The number of aliphatic hydroxyl groups is 2. The molecule has 0 amide bonds. The van der Waals surface area contributed by atoms with Crippen LogP contribution in [0.2, 0.25) is 0 Å². The molecule has 2 rings (SSSR count). The molecule has 0 aromatic carbocycles. The van der Waals surface area contributed by atoms with Crippen molar-refractivity contribution in [2.45, 2.75) is 63.6 Å². The third-order valence-corrected chi connectivity index (χ3v) is 4.34. The van der Waals surface area contributed by atoms with Gasteiger partial charge in [0, 0.05) is 0 Å². The highest BCUT2D eigenvalue weighted by Crippen LogP contribution is 2.52. The largest absolute Gasteiger partial charge is 0.390 e. The predicted molar refractivity (Wildman–Crippen MR) is 51.4 cm³/mol. The number of aliphatic hydroxyl groups excluding tert-OH is 1. The molecule has 76 valence electrons. The molecule has 2 saturated carbocycles. The van der Waals surface area contributed by atoms with E-state index in [2.05, 4.69) is 6.92 Å². The molecule has 0 unspecified atom stereocenters. The van der Waals surface area contributed by atoms with Gasteiger partial charge in [0.15, 0.2) is 0 Å². The zero-order valence-corrected chi connectivity index (χ0v) is 8.42. The Hall–Kier alpha value is -0.0800. The van der Waals surface area contributed by atoms with E-state index >= 15 is 0 Å². The van der Waals surface area contributed by atoms with Gasteiger partial charge < -0.3 is 10.2 Å². The molecule has 0 heterocycles. The first-order valence-electron chi connectivity index (χ1n) is 5.49. The Morgan fingerprint density at radius 3 is 2.38 bits per heavy atom. The summed E-state index contributed by atoms with van der Waals surface area (Å²) in [6, 6.07) is 0. The van der Waals surface area contributed by atoms with E-state index in [1.165, 1.54) is 6.42 Å². The third-order valence-electron chi connectivity index (χ3n) is 4.34. The minimum Gasteiger partial charge on any atom is -0.390 e. The number of rotatable bonds is 0. The van der Waals surface area contributed by atoms with Gasteiger partial charge in [-0.3, -0.25) is 0 Å². The highest BCUT2D eigenvalue weighted by molar-refractivity contribution is 5.05. The average Bonchev–Trinajstić information content (AvgIpc) is 2.09. The minimum absolute atomic E-state index is 0.0110. The van der Waals surface area contributed by atoms with Crippen molar-refractivity contribution >= 4 is 0 Å². The number of fused-ring (bicyclic) bond motifs is 1. The van der Waals surface area contributed by atoms with Crippen LogP contribution < -0.4 is 0 Å². The second-order valence-electron chi connectivity index (χ2n) is 5.10. The summed E-state index contributed by atoms with van der Waals surface area (Å²) < 4.78 is 0. The van der Waals surface area contributed by atoms with Gasteiger partial charge in [0.2, 0.25) is 0 Å². The molecular formula is C11H20O2. The van der Waals surface area contributed by atoms with E-state index in [-0.39, 0.29) is 5.41 Å². The molecule has 2 fully saturated rings. The quantitative estimate of drug-likeness (QED) is 0.603. The summed E-state index contributed by atoms with van der Waals surface area (Å²) in [5, 5.41) is 20.3. The highest BCUT2D eigenvalue weighted by atomic mass is 16.3. The molecule has 0 radical (unpaired) electrons. The lowest BCUT2D eigenvalue weighted by molar-refractivity contribution is -0.196. The molecule has 0 aromatic heterocycles. The summed E-state index contributed by atoms with van der Waals surface area (Å²) in [5.74, 6) is 0. The Kier molecular flexibility index (Phi) is 2.16. The van der Waals surface area contributed by atoms with Gasteiger partial charge in [0.05, 0.1) is 11.7 Å². The smallest absolute Gasteiger partial charge is 0.0958 e. The minimum atomic E-state index is -0.774. The monoisotopic (exact) mass is 184 g/mol. The molecule has 2 aliphatic carbocycles. The second-order valence-corrected chi connectivity index (χ2v) is 5.10. The molecule has 2 heteroatoms. The first kappa shape index (κ1) is 9.47.